The van der Waals surface area contributed by atoms with Crippen LogP contribution < -0.4 is 0 Å². The number of amides is 1. The van der Waals surface area contributed by atoms with Crippen LogP contribution >= 0.6 is 23.4 Å². The van der Waals surface area contributed by atoms with Gasteiger partial charge in [-0.25, -0.2) is 4.79 Å². The van der Waals surface area contributed by atoms with Crippen molar-refractivity contribution in [1.29, 1.82) is 0 Å². The number of hydrogen-bond donors (Lipinski definition) is 0. The lowest BCUT2D eigenvalue weighted by atomic mass is 9.96. The quantitative estimate of drug-likeness (QED) is 0.644. The molecule has 2 aliphatic heterocycles. The van der Waals surface area contributed by atoms with Crippen molar-refractivity contribution in [2.45, 2.75) is 63.8 Å². The predicted molar refractivity (Wildman–Crippen MR) is 125 cm³/mol. The molecule has 0 aromatic heterocycles. The van der Waals surface area contributed by atoms with Gasteiger partial charge >= 0.3 is 6.09 Å². The summed E-state index contributed by atoms with van der Waals surface area (Å²) in [6, 6.07) is 8.96. The van der Waals surface area contributed by atoms with Crippen LogP contribution in [-0.2, 0) is 15.9 Å². The summed E-state index contributed by atoms with van der Waals surface area (Å²) in [5.41, 5.74) is 0.833. The maximum atomic E-state index is 12.4. The molecule has 0 spiro atoms. The molecule has 3 rings (SSSR count). The Labute approximate surface area is 190 Å². The van der Waals surface area contributed by atoms with Gasteiger partial charge in [0.25, 0.3) is 0 Å². The zero-order valence-electron chi connectivity index (χ0n) is 18.6. The second-order valence-corrected chi connectivity index (χ2v) is 10.6. The third kappa shape index (κ3) is 6.78. The fourth-order valence-electron chi connectivity index (χ4n) is 4.29. The molecule has 0 aliphatic carbocycles. The van der Waals surface area contributed by atoms with Crippen LogP contribution in [0.15, 0.2) is 24.3 Å². The highest BCUT2D eigenvalue weighted by Gasteiger charge is 2.36. The van der Waals surface area contributed by atoms with Crippen LogP contribution in [0.4, 0.5) is 4.79 Å². The van der Waals surface area contributed by atoms with Gasteiger partial charge in [0.2, 0.25) is 0 Å². The monoisotopic (exact) mass is 454 g/mol. The largest absolute Gasteiger partial charge is 0.444 e. The Morgan fingerprint density at radius 2 is 1.90 bits per heavy atom. The van der Waals surface area contributed by atoms with Crippen LogP contribution in [0.1, 0.15) is 39.2 Å². The molecule has 1 aromatic carbocycles. The number of halogens is 1. The normalized spacial score (nSPS) is 24.1. The van der Waals surface area contributed by atoms with Crippen molar-refractivity contribution >= 4 is 29.5 Å². The third-order valence-corrected chi connectivity index (χ3v) is 6.69. The lowest BCUT2D eigenvalue weighted by molar-refractivity contribution is -0.0781. The second kappa shape index (κ2) is 10.6. The topological polar surface area (TPSA) is 42.0 Å². The lowest BCUT2D eigenvalue weighted by Gasteiger charge is -2.46. The van der Waals surface area contributed by atoms with Gasteiger partial charge in [0.15, 0.2) is 0 Å². The summed E-state index contributed by atoms with van der Waals surface area (Å²) in [4.78, 5) is 16.9. The minimum atomic E-state index is -0.452. The standard InChI is InChI=1S/C23H35ClN2O3S/c1-23(2,3)29-22(27)25-11-9-19(10-12-25)26-14-21(16-30-4)28-15-20(26)13-17-5-7-18(24)8-6-17/h5-8,19-21H,9-16H2,1-4H3. The van der Waals surface area contributed by atoms with Crippen LogP contribution in [0, 0.1) is 0 Å². The van der Waals surface area contributed by atoms with E-state index in [0.717, 1.165) is 56.3 Å². The third-order valence-electron chi connectivity index (χ3n) is 5.73. The number of morpholine rings is 1. The second-order valence-electron chi connectivity index (χ2n) is 9.29. The van der Waals surface area contributed by atoms with Gasteiger partial charge in [-0.2, -0.15) is 11.8 Å². The number of nitrogens with zero attached hydrogens (tertiary/aromatic N) is 2. The van der Waals surface area contributed by atoms with E-state index in [1.807, 2.05) is 49.6 Å². The van der Waals surface area contributed by atoms with Gasteiger partial charge in [-0.05, 0) is 64.0 Å². The first-order valence-electron chi connectivity index (χ1n) is 10.8. The maximum Gasteiger partial charge on any atom is 0.410 e. The van der Waals surface area contributed by atoms with E-state index in [2.05, 4.69) is 23.3 Å². The van der Waals surface area contributed by atoms with Crippen LogP contribution in [0.2, 0.25) is 5.02 Å². The highest BCUT2D eigenvalue weighted by molar-refractivity contribution is 7.98. The molecule has 2 fully saturated rings. The van der Waals surface area contributed by atoms with E-state index in [9.17, 15) is 4.79 Å². The minimum absolute atomic E-state index is 0.194. The van der Waals surface area contributed by atoms with E-state index in [0.29, 0.717) is 12.1 Å². The van der Waals surface area contributed by atoms with Gasteiger partial charge in [-0.3, -0.25) is 4.90 Å². The number of benzene rings is 1. The molecule has 168 valence electrons. The zero-order valence-corrected chi connectivity index (χ0v) is 20.2. The Kier molecular flexibility index (Phi) is 8.36. The molecule has 30 heavy (non-hydrogen) atoms. The number of piperidine rings is 1. The molecule has 0 radical (unpaired) electrons. The highest BCUT2D eigenvalue weighted by Crippen LogP contribution is 2.27. The highest BCUT2D eigenvalue weighted by atomic mass is 35.5. The van der Waals surface area contributed by atoms with Crippen molar-refractivity contribution in [3.05, 3.63) is 34.9 Å². The van der Waals surface area contributed by atoms with Gasteiger partial charge in [0.05, 0.1) is 12.7 Å². The van der Waals surface area contributed by atoms with Crippen molar-refractivity contribution in [3.8, 4) is 0 Å². The number of likely N-dealkylation sites (tertiary alicyclic amines) is 1. The summed E-state index contributed by atoms with van der Waals surface area (Å²) < 4.78 is 11.7. The number of thioether (sulfide) groups is 1. The number of carbonyl (C=O) groups excluding carboxylic acids is 1. The van der Waals surface area contributed by atoms with E-state index >= 15 is 0 Å². The van der Waals surface area contributed by atoms with Gasteiger partial charge in [-0.15, -0.1) is 0 Å². The van der Waals surface area contributed by atoms with Gasteiger partial charge in [-0.1, -0.05) is 23.7 Å². The summed E-state index contributed by atoms with van der Waals surface area (Å²) in [5.74, 6) is 1.01. The Morgan fingerprint density at radius 1 is 1.23 bits per heavy atom. The minimum Gasteiger partial charge on any atom is -0.444 e. The molecule has 2 aliphatic rings. The summed E-state index contributed by atoms with van der Waals surface area (Å²) in [6.45, 7) is 8.95. The van der Waals surface area contributed by atoms with Crippen LogP contribution in [0.5, 0.6) is 0 Å². The Bertz CT molecular complexity index is 687. The average Bonchev–Trinajstić information content (AvgIpc) is 2.70. The Balaban J connectivity index is 1.63. The van der Waals surface area contributed by atoms with Crippen LogP contribution in [0.25, 0.3) is 0 Å². The maximum absolute atomic E-state index is 12.4. The van der Waals surface area contributed by atoms with Crippen molar-refractivity contribution in [1.82, 2.24) is 9.80 Å². The predicted octanol–water partition coefficient (Wildman–Crippen LogP) is 4.71. The van der Waals surface area contributed by atoms with Crippen molar-refractivity contribution in [3.63, 3.8) is 0 Å². The molecule has 2 heterocycles. The molecule has 0 N–H and O–H groups in total. The molecule has 2 unspecified atom stereocenters. The molecule has 1 aromatic rings. The van der Waals surface area contributed by atoms with Gasteiger partial charge < -0.3 is 14.4 Å². The smallest absolute Gasteiger partial charge is 0.410 e. The van der Waals surface area contributed by atoms with E-state index in [-0.39, 0.29) is 12.2 Å². The lowest BCUT2D eigenvalue weighted by Crippen LogP contribution is -2.58. The van der Waals surface area contributed by atoms with Crippen molar-refractivity contribution in [2.75, 3.05) is 38.2 Å². The number of hydrogen-bond acceptors (Lipinski definition) is 5. The van der Waals surface area contributed by atoms with Crippen molar-refractivity contribution < 1.29 is 14.3 Å². The molecule has 5 nitrogen and oxygen atoms in total. The Morgan fingerprint density at radius 3 is 2.50 bits per heavy atom. The average molecular weight is 455 g/mol. The fraction of sp³-hybridized carbons (Fsp3) is 0.696. The van der Waals surface area contributed by atoms with E-state index in [1.165, 1.54) is 5.56 Å². The van der Waals surface area contributed by atoms with E-state index in [4.69, 9.17) is 21.1 Å². The zero-order chi connectivity index (χ0) is 21.7. The summed E-state index contributed by atoms with van der Waals surface area (Å²) in [5, 5.41) is 0.769. The first-order valence-corrected chi connectivity index (χ1v) is 12.6. The SMILES string of the molecule is CSCC1CN(C2CCN(C(=O)OC(C)(C)C)CC2)C(Cc2ccc(Cl)cc2)CO1. The first kappa shape index (κ1) is 23.7. The molecule has 2 saturated heterocycles. The molecular formula is C23H35ClN2O3S. The molecular weight excluding hydrogens is 420 g/mol. The number of carbonyl (C=O) groups is 1. The number of ether oxygens (including phenoxy) is 2. The summed E-state index contributed by atoms with van der Waals surface area (Å²) >= 11 is 7.90. The fourth-order valence-corrected chi connectivity index (χ4v) is 4.99. The molecule has 1 amide bonds. The molecule has 0 bridgehead atoms. The Hall–Kier alpha value is -0.950. The van der Waals surface area contributed by atoms with Gasteiger partial charge in [0.1, 0.15) is 5.60 Å². The van der Waals surface area contributed by atoms with Gasteiger partial charge in [0, 0.05) is 42.5 Å². The van der Waals surface area contributed by atoms with E-state index < -0.39 is 5.60 Å². The van der Waals surface area contributed by atoms with Crippen molar-refractivity contribution in [2.24, 2.45) is 0 Å². The van der Waals surface area contributed by atoms with Crippen LogP contribution in [-0.4, -0.2) is 77.9 Å². The van der Waals surface area contributed by atoms with Crippen LogP contribution in [0.3, 0.4) is 0 Å². The summed E-state index contributed by atoms with van der Waals surface area (Å²) in [6.07, 6.45) is 5.11. The summed E-state index contributed by atoms with van der Waals surface area (Å²) in [7, 11) is 0. The van der Waals surface area contributed by atoms with E-state index in [1.54, 1.807) is 0 Å². The number of rotatable bonds is 5. The molecule has 7 heteroatoms. The molecule has 2 atom stereocenters. The molecule has 0 saturated carbocycles. The first-order chi connectivity index (χ1) is 14.2.